The smallest absolute Gasteiger partial charge is 0.342 e. The number of anilines is 1. The van der Waals surface area contributed by atoms with Crippen LogP contribution < -0.4 is 9.96 Å². The minimum atomic E-state index is -0.463. The standard InChI is InChI=1S/C18H16NO6/c1-11-17(18(20)23-2)15-9-14(7-8-16(15)25-11)24-10-12-3-5-13(6-4-12)19(21)22/h3-9,21H,10H2,1-2H3/q-1. The van der Waals surface area contributed by atoms with Crippen LogP contribution in [0.2, 0.25) is 0 Å². The molecule has 0 bridgehead atoms. The summed E-state index contributed by atoms with van der Waals surface area (Å²) >= 11 is 0. The molecule has 0 aliphatic rings. The highest BCUT2D eigenvalue weighted by atomic mass is 16.8. The predicted octanol–water partition coefficient (Wildman–Crippen LogP) is 3.80. The summed E-state index contributed by atoms with van der Waals surface area (Å²) in [6.07, 6.45) is 0. The summed E-state index contributed by atoms with van der Waals surface area (Å²) in [5.74, 6) is 0.589. The van der Waals surface area contributed by atoms with E-state index in [1.165, 1.54) is 19.2 Å². The van der Waals surface area contributed by atoms with Crippen LogP contribution in [-0.2, 0) is 11.3 Å². The van der Waals surface area contributed by atoms with Gasteiger partial charge in [0.2, 0.25) is 0 Å². The lowest BCUT2D eigenvalue weighted by Crippen LogP contribution is -2.06. The predicted molar refractivity (Wildman–Crippen MR) is 90.7 cm³/mol. The van der Waals surface area contributed by atoms with Gasteiger partial charge in [-0.2, -0.15) is 0 Å². The fourth-order valence-electron chi connectivity index (χ4n) is 2.53. The molecular formula is C18H16NO6-. The van der Waals surface area contributed by atoms with Crippen LogP contribution in [0.3, 0.4) is 0 Å². The lowest BCUT2D eigenvalue weighted by Gasteiger charge is -2.21. The molecule has 7 nitrogen and oxygen atoms in total. The van der Waals surface area contributed by atoms with Crippen molar-refractivity contribution in [2.24, 2.45) is 0 Å². The van der Waals surface area contributed by atoms with E-state index in [9.17, 15) is 10.0 Å². The number of carbonyl (C=O) groups is 1. The third kappa shape index (κ3) is 3.42. The van der Waals surface area contributed by atoms with Crippen molar-refractivity contribution < 1.29 is 23.9 Å². The Morgan fingerprint density at radius 3 is 2.60 bits per heavy atom. The van der Waals surface area contributed by atoms with Gasteiger partial charge in [-0.15, -0.1) is 0 Å². The summed E-state index contributed by atoms with van der Waals surface area (Å²) < 4.78 is 16.1. The molecule has 0 unspecified atom stereocenters. The lowest BCUT2D eigenvalue weighted by molar-refractivity contribution is 0.0600. The van der Waals surface area contributed by atoms with E-state index < -0.39 is 5.97 Å². The molecule has 0 saturated carbocycles. The Hall–Kier alpha value is -3.03. The number of methoxy groups -OCH3 is 1. The Morgan fingerprint density at radius 2 is 1.96 bits per heavy atom. The van der Waals surface area contributed by atoms with Gasteiger partial charge in [-0.1, -0.05) is 12.1 Å². The SMILES string of the molecule is COC(=O)c1c(C)oc2ccc(OCc3ccc(N([O-])O)cc3)cc12. The van der Waals surface area contributed by atoms with Gasteiger partial charge in [0.1, 0.15) is 29.3 Å². The molecule has 1 N–H and O–H groups in total. The van der Waals surface area contributed by atoms with Gasteiger partial charge in [-0.05, 0) is 42.8 Å². The summed E-state index contributed by atoms with van der Waals surface area (Å²) in [6.45, 7) is 1.97. The second kappa shape index (κ2) is 6.84. The molecule has 130 valence electrons. The second-order valence-corrected chi connectivity index (χ2v) is 5.41. The number of aryl methyl sites for hydroxylation is 1. The molecular weight excluding hydrogens is 326 g/mol. The lowest BCUT2D eigenvalue weighted by atomic mass is 10.1. The van der Waals surface area contributed by atoms with Crippen LogP contribution in [0.15, 0.2) is 46.9 Å². The van der Waals surface area contributed by atoms with Gasteiger partial charge in [0.15, 0.2) is 0 Å². The number of hydrogen-bond donors (Lipinski definition) is 1. The minimum Gasteiger partial charge on any atom is -0.733 e. The Morgan fingerprint density at radius 1 is 1.24 bits per heavy atom. The van der Waals surface area contributed by atoms with Crippen molar-refractivity contribution in [3.05, 3.63) is 64.6 Å². The summed E-state index contributed by atoms with van der Waals surface area (Å²) in [6, 6.07) is 11.5. The van der Waals surface area contributed by atoms with Gasteiger partial charge in [0.25, 0.3) is 0 Å². The first kappa shape index (κ1) is 16.8. The maximum absolute atomic E-state index is 11.9. The second-order valence-electron chi connectivity index (χ2n) is 5.41. The first-order valence-electron chi connectivity index (χ1n) is 7.49. The van der Waals surface area contributed by atoms with Crippen LogP contribution in [0.25, 0.3) is 11.0 Å². The summed E-state index contributed by atoms with van der Waals surface area (Å²) in [5, 5.41) is 20.0. The third-order valence-electron chi connectivity index (χ3n) is 3.79. The average Bonchev–Trinajstić information content (AvgIpc) is 2.94. The summed E-state index contributed by atoms with van der Waals surface area (Å²) in [4.78, 5) is 11.9. The van der Waals surface area contributed by atoms with Crippen LogP contribution in [0, 0.1) is 12.1 Å². The monoisotopic (exact) mass is 342 g/mol. The fourth-order valence-corrected chi connectivity index (χ4v) is 2.53. The largest absolute Gasteiger partial charge is 0.733 e. The molecule has 7 heteroatoms. The highest BCUT2D eigenvalue weighted by Gasteiger charge is 2.19. The Labute approximate surface area is 143 Å². The molecule has 0 radical (unpaired) electrons. The quantitative estimate of drug-likeness (QED) is 0.556. The Balaban J connectivity index is 1.81. The van der Waals surface area contributed by atoms with Crippen LogP contribution in [0.1, 0.15) is 21.7 Å². The summed E-state index contributed by atoms with van der Waals surface area (Å²) in [7, 11) is 1.32. The Bertz CT molecular complexity index is 898. The molecule has 0 amide bonds. The van der Waals surface area contributed by atoms with E-state index in [0.29, 0.717) is 28.0 Å². The normalized spacial score (nSPS) is 10.7. The zero-order chi connectivity index (χ0) is 18.0. The van der Waals surface area contributed by atoms with Gasteiger partial charge in [0, 0.05) is 5.39 Å². The molecule has 0 atom stereocenters. The molecule has 3 rings (SSSR count). The van der Waals surface area contributed by atoms with Crippen molar-refractivity contribution >= 4 is 22.6 Å². The number of esters is 1. The molecule has 0 spiro atoms. The topological polar surface area (TPSA) is 95.2 Å². The van der Waals surface area contributed by atoms with Gasteiger partial charge < -0.3 is 24.3 Å². The van der Waals surface area contributed by atoms with E-state index in [0.717, 1.165) is 5.56 Å². The highest BCUT2D eigenvalue weighted by Crippen LogP contribution is 2.30. The number of nitrogens with zero attached hydrogens (tertiary/aromatic N) is 1. The van der Waals surface area contributed by atoms with E-state index in [-0.39, 0.29) is 17.5 Å². The number of benzene rings is 2. The van der Waals surface area contributed by atoms with Gasteiger partial charge in [-0.25, -0.2) is 4.79 Å². The van der Waals surface area contributed by atoms with Crippen molar-refractivity contribution in [3.63, 3.8) is 0 Å². The molecule has 0 fully saturated rings. The number of furan rings is 1. The number of fused-ring (bicyclic) bond motifs is 1. The molecule has 0 aliphatic heterocycles. The number of ether oxygens (including phenoxy) is 2. The zero-order valence-corrected chi connectivity index (χ0v) is 13.7. The molecule has 1 heterocycles. The van der Waals surface area contributed by atoms with E-state index in [4.69, 9.17) is 19.1 Å². The number of hydrogen-bond acceptors (Lipinski definition) is 7. The molecule has 0 saturated heterocycles. The first-order valence-corrected chi connectivity index (χ1v) is 7.49. The third-order valence-corrected chi connectivity index (χ3v) is 3.79. The molecule has 1 aromatic heterocycles. The van der Waals surface area contributed by atoms with Crippen molar-refractivity contribution in [1.29, 1.82) is 0 Å². The van der Waals surface area contributed by atoms with Crippen LogP contribution in [0.5, 0.6) is 5.75 Å². The highest BCUT2D eigenvalue weighted by molar-refractivity contribution is 6.04. The Kier molecular flexibility index (Phi) is 4.60. The van der Waals surface area contributed by atoms with Crippen LogP contribution in [0.4, 0.5) is 5.69 Å². The van der Waals surface area contributed by atoms with Gasteiger partial charge in [-0.3, -0.25) is 5.21 Å². The van der Waals surface area contributed by atoms with Gasteiger partial charge in [0.05, 0.1) is 12.8 Å². The first-order chi connectivity index (χ1) is 12.0. The van der Waals surface area contributed by atoms with E-state index in [1.807, 2.05) is 0 Å². The van der Waals surface area contributed by atoms with Crippen LogP contribution in [-0.4, -0.2) is 18.3 Å². The fraction of sp³-hybridized carbons (Fsp3) is 0.167. The van der Waals surface area contributed by atoms with Crippen molar-refractivity contribution in [2.45, 2.75) is 13.5 Å². The van der Waals surface area contributed by atoms with Gasteiger partial charge >= 0.3 is 5.97 Å². The van der Waals surface area contributed by atoms with Crippen molar-refractivity contribution in [1.82, 2.24) is 0 Å². The molecule has 25 heavy (non-hydrogen) atoms. The number of carbonyl (C=O) groups excluding carboxylic acids is 1. The maximum atomic E-state index is 11.9. The van der Waals surface area contributed by atoms with Crippen LogP contribution >= 0.6 is 0 Å². The molecule has 2 aromatic carbocycles. The maximum Gasteiger partial charge on any atom is 0.342 e. The molecule has 0 aliphatic carbocycles. The van der Waals surface area contributed by atoms with Crippen molar-refractivity contribution in [3.8, 4) is 5.75 Å². The summed E-state index contributed by atoms with van der Waals surface area (Å²) in [5.41, 5.74) is 1.92. The average molecular weight is 342 g/mol. The van der Waals surface area contributed by atoms with E-state index in [2.05, 4.69) is 0 Å². The van der Waals surface area contributed by atoms with E-state index in [1.54, 1.807) is 37.3 Å². The molecule has 3 aromatic rings. The van der Waals surface area contributed by atoms with Crippen molar-refractivity contribution in [2.75, 3.05) is 12.3 Å². The zero-order valence-electron chi connectivity index (χ0n) is 13.7. The minimum absolute atomic E-state index is 0.141. The number of rotatable bonds is 5. The van der Waals surface area contributed by atoms with E-state index >= 15 is 0 Å².